The lowest BCUT2D eigenvalue weighted by molar-refractivity contribution is -0.148. The largest absolute Gasteiger partial charge is 0.481 e. The molecule has 0 heterocycles. The van der Waals surface area contributed by atoms with Gasteiger partial charge in [-0.3, -0.25) is 4.79 Å². The summed E-state index contributed by atoms with van der Waals surface area (Å²) in [5.74, 6) is 0.210. The van der Waals surface area contributed by atoms with Gasteiger partial charge >= 0.3 is 5.97 Å². The summed E-state index contributed by atoms with van der Waals surface area (Å²) in [6, 6.07) is 8.79. The molecule has 0 aliphatic heterocycles. The average Bonchev–Trinajstić information content (AvgIpc) is 2.48. The standard InChI is InChI=1S/C19H30O2/c1-6-15(7-2)17-11-9-16(10-12-17)14(4)13-19(5,8-3)18(20)21/h9-12,14-15H,6-8,13H2,1-5H3,(H,20,21). The molecule has 1 rings (SSSR count). The number of carbonyl (C=O) groups is 1. The highest BCUT2D eigenvalue weighted by atomic mass is 16.4. The third-order valence-corrected chi connectivity index (χ3v) is 5.02. The van der Waals surface area contributed by atoms with Crippen LogP contribution in [0.2, 0.25) is 0 Å². The van der Waals surface area contributed by atoms with Gasteiger partial charge in [0.15, 0.2) is 0 Å². The first-order valence-electron chi connectivity index (χ1n) is 8.21. The Balaban J connectivity index is 2.84. The maximum absolute atomic E-state index is 11.4. The fourth-order valence-corrected chi connectivity index (χ4v) is 3.03. The van der Waals surface area contributed by atoms with Crippen molar-refractivity contribution < 1.29 is 9.90 Å². The van der Waals surface area contributed by atoms with Crippen LogP contribution in [0.4, 0.5) is 0 Å². The molecule has 0 spiro atoms. The lowest BCUT2D eigenvalue weighted by Gasteiger charge is -2.27. The van der Waals surface area contributed by atoms with E-state index >= 15 is 0 Å². The molecule has 0 aromatic heterocycles. The SMILES string of the molecule is CCC(CC)c1ccc(C(C)CC(C)(CC)C(=O)O)cc1. The first-order chi connectivity index (χ1) is 9.87. The zero-order valence-electron chi connectivity index (χ0n) is 14.1. The number of hydrogen-bond acceptors (Lipinski definition) is 1. The van der Waals surface area contributed by atoms with Gasteiger partial charge in [-0.25, -0.2) is 0 Å². The molecule has 2 unspecified atom stereocenters. The summed E-state index contributed by atoms with van der Waals surface area (Å²) in [4.78, 5) is 11.4. The zero-order chi connectivity index (χ0) is 16.0. The molecule has 0 bridgehead atoms. The van der Waals surface area contributed by atoms with Gasteiger partial charge in [0.1, 0.15) is 0 Å². The second kappa shape index (κ2) is 7.63. The van der Waals surface area contributed by atoms with Gasteiger partial charge in [0, 0.05) is 0 Å². The summed E-state index contributed by atoms with van der Waals surface area (Å²) in [5.41, 5.74) is 2.01. The fraction of sp³-hybridized carbons (Fsp3) is 0.632. The van der Waals surface area contributed by atoms with Crippen LogP contribution in [0.5, 0.6) is 0 Å². The fourth-order valence-electron chi connectivity index (χ4n) is 3.03. The molecule has 2 heteroatoms. The Kier molecular flexibility index (Phi) is 6.44. The van der Waals surface area contributed by atoms with E-state index in [4.69, 9.17) is 0 Å². The Hall–Kier alpha value is -1.31. The Labute approximate surface area is 129 Å². The average molecular weight is 290 g/mol. The van der Waals surface area contributed by atoms with Crippen molar-refractivity contribution in [3.8, 4) is 0 Å². The molecule has 0 amide bonds. The maximum atomic E-state index is 11.4. The van der Waals surface area contributed by atoms with E-state index in [1.807, 2.05) is 13.8 Å². The van der Waals surface area contributed by atoms with Crippen LogP contribution in [0.15, 0.2) is 24.3 Å². The van der Waals surface area contributed by atoms with E-state index in [1.165, 1.54) is 24.0 Å². The highest BCUT2D eigenvalue weighted by Gasteiger charge is 2.33. The molecular weight excluding hydrogens is 260 g/mol. The first kappa shape index (κ1) is 17.7. The van der Waals surface area contributed by atoms with E-state index in [1.54, 1.807) is 0 Å². The molecule has 0 fully saturated rings. The van der Waals surface area contributed by atoms with Gasteiger partial charge in [0.25, 0.3) is 0 Å². The Bertz CT molecular complexity index is 445. The van der Waals surface area contributed by atoms with Crippen LogP contribution in [0.1, 0.15) is 83.3 Å². The van der Waals surface area contributed by atoms with Crippen molar-refractivity contribution in [3.63, 3.8) is 0 Å². The van der Waals surface area contributed by atoms with Crippen LogP contribution in [0, 0.1) is 5.41 Å². The Morgan fingerprint density at radius 2 is 1.57 bits per heavy atom. The molecule has 0 aliphatic rings. The molecule has 118 valence electrons. The molecule has 0 radical (unpaired) electrons. The topological polar surface area (TPSA) is 37.3 Å². The van der Waals surface area contributed by atoms with Crippen LogP contribution >= 0.6 is 0 Å². The Morgan fingerprint density at radius 3 is 1.95 bits per heavy atom. The second-order valence-electron chi connectivity index (χ2n) is 6.50. The van der Waals surface area contributed by atoms with Crippen LogP contribution in [0.3, 0.4) is 0 Å². The number of carboxylic acid groups (broad SMARTS) is 1. The van der Waals surface area contributed by atoms with E-state index in [-0.39, 0.29) is 5.92 Å². The lowest BCUT2D eigenvalue weighted by atomic mass is 9.77. The predicted molar refractivity (Wildman–Crippen MR) is 88.8 cm³/mol. The summed E-state index contributed by atoms with van der Waals surface area (Å²) in [6.07, 6.45) is 3.68. The summed E-state index contributed by atoms with van der Waals surface area (Å²) in [6.45, 7) is 10.4. The van der Waals surface area contributed by atoms with Crippen LogP contribution in [0.25, 0.3) is 0 Å². The van der Waals surface area contributed by atoms with Gasteiger partial charge < -0.3 is 5.11 Å². The summed E-state index contributed by atoms with van der Waals surface area (Å²) < 4.78 is 0. The monoisotopic (exact) mass is 290 g/mol. The van der Waals surface area contributed by atoms with Gasteiger partial charge in [-0.15, -0.1) is 0 Å². The third-order valence-electron chi connectivity index (χ3n) is 5.02. The van der Waals surface area contributed by atoms with Crippen molar-refractivity contribution in [2.24, 2.45) is 5.41 Å². The Morgan fingerprint density at radius 1 is 1.10 bits per heavy atom. The number of rotatable bonds is 8. The molecule has 1 aromatic carbocycles. The maximum Gasteiger partial charge on any atom is 0.309 e. The van der Waals surface area contributed by atoms with E-state index in [0.717, 1.165) is 0 Å². The molecule has 2 atom stereocenters. The van der Waals surface area contributed by atoms with Crippen molar-refractivity contribution in [1.29, 1.82) is 0 Å². The first-order valence-corrected chi connectivity index (χ1v) is 8.21. The van der Waals surface area contributed by atoms with E-state index < -0.39 is 11.4 Å². The molecule has 1 aromatic rings. The molecule has 1 N–H and O–H groups in total. The quantitative estimate of drug-likeness (QED) is 0.678. The van der Waals surface area contributed by atoms with Crippen LogP contribution in [-0.2, 0) is 4.79 Å². The van der Waals surface area contributed by atoms with E-state index in [0.29, 0.717) is 18.8 Å². The normalized spacial score (nSPS) is 15.7. The van der Waals surface area contributed by atoms with Crippen LogP contribution < -0.4 is 0 Å². The highest BCUT2D eigenvalue weighted by molar-refractivity contribution is 5.74. The summed E-state index contributed by atoms with van der Waals surface area (Å²) >= 11 is 0. The van der Waals surface area contributed by atoms with Crippen LogP contribution in [-0.4, -0.2) is 11.1 Å². The minimum absolute atomic E-state index is 0.266. The van der Waals surface area contributed by atoms with Crippen molar-refractivity contribution in [2.45, 2.75) is 72.1 Å². The highest BCUT2D eigenvalue weighted by Crippen LogP contribution is 2.35. The number of benzene rings is 1. The minimum atomic E-state index is -0.689. The van der Waals surface area contributed by atoms with E-state index in [2.05, 4.69) is 45.0 Å². The third kappa shape index (κ3) is 4.33. The van der Waals surface area contributed by atoms with Gasteiger partial charge in [-0.2, -0.15) is 0 Å². The number of aliphatic carboxylic acids is 1. The number of hydrogen-bond donors (Lipinski definition) is 1. The minimum Gasteiger partial charge on any atom is -0.481 e. The van der Waals surface area contributed by atoms with Crippen molar-refractivity contribution in [2.75, 3.05) is 0 Å². The zero-order valence-corrected chi connectivity index (χ0v) is 14.1. The summed E-state index contributed by atoms with van der Waals surface area (Å²) in [7, 11) is 0. The molecule has 0 saturated carbocycles. The van der Waals surface area contributed by atoms with Gasteiger partial charge in [-0.05, 0) is 55.6 Å². The smallest absolute Gasteiger partial charge is 0.309 e. The number of carboxylic acids is 1. The van der Waals surface area contributed by atoms with Gasteiger partial charge in [0.2, 0.25) is 0 Å². The lowest BCUT2D eigenvalue weighted by Crippen LogP contribution is -2.28. The molecule has 2 nitrogen and oxygen atoms in total. The van der Waals surface area contributed by atoms with Gasteiger partial charge in [-0.1, -0.05) is 52.0 Å². The summed E-state index contributed by atoms with van der Waals surface area (Å²) in [5, 5.41) is 9.41. The van der Waals surface area contributed by atoms with Gasteiger partial charge in [0.05, 0.1) is 5.41 Å². The van der Waals surface area contributed by atoms with Crippen molar-refractivity contribution in [3.05, 3.63) is 35.4 Å². The second-order valence-corrected chi connectivity index (χ2v) is 6.50. The molecule has 21 heavy (non-hydrogen) atoms. The molecule has 0 saturated heterocycles. The van der Waals surface area contributed by atoms with E-state index in [9.17, 15) is 9.90 Å². The predicted octanol–water partition coefficient (Wildman–Crippen LogP) is 5.58. The molecular formula is C19H30O2. The van der Waals surface area contributed by atoms with Crippen molar-refractivity contribution >= 4 is 5.97 Å². The van der Waals surface area contributed by atoms with Crippen molar-refractivity contribution in [1.82, 2.24) is 0 Å². The molecule has 0 aliphatic carbocycles.